The van der Waals surface area contributed by atoms with Gasteiger partial charge in [0.1, 0.15) is 17.3 Å². The van der Waals surface area contributed by atoms with E-state index >= 15 is 0 Å². The Kier molecular flexibility index (Phi) is 7.00. The van der Waals surface area contributed by atoms with Gasteiger partial charge in [-0.05, 0) is 69.5 Å². The van der Waals surface area contributed by atoms with E-state index < -0.39 is 5.82 Å². The summed E-state index contributed by atoms with van der Waals surface area (Å²) in [4.78, 5) is 36.9. The van der Waals surface area contributed by atoms with E-state index in [-0.39, 0.29) is 59.0 Å². The van der Waals surface area contributed by atoms with Crippen LogP contribution in [0.3, 0.4) is 0 Å². The summed E-state index contributed by atoms with van der Waals surface area (Å²) in [6.45, 7) is 2.03. The van der Waals surface area contributed by atoms with Crippen LogP contribution in [0.1, 0.15) is 39.0 Å². The van der Waals surface area contributed by atoms with Crippen molar-refractivity contribution in [3.05, 3.63) is 29.0 Å². The van der Waals surface area contributed by atoms with Crippen LogP contribution in [0.15, 0.2) is 18.2 Å². The summed E-state index contributed by atoms with van der Waals surface area (Å²) in [6, 6.07) is 3.68. The molecule has 2 amide bonds. The number of carbonyl (C=O) groups is 3. The van der Waals surface area contributed by atoms with Gasteiger partial charge < -0.3 is 20.7 Å². The molecular weight excluding hydrogens is 437 g/mol. The molecule has 2 saturated carbocycles. The summed E-state index contributed by atoms with van der Waals surface area (Å²) < 4.78 is 18.9. The molecule has 2 aliphatic carbocycles. The van der Waals surface area contributed by atoms with Crippen LogP contribution in [0.4, 0.5) is 4.39 Å². The van der Waals surface area contributed by atoms with E-state index in [1.54, 1.807) is 6.92 Å². The second kappa shape index (κ2) is 9.75. The predicted octanol–water partition coefficient (Wildman–Crippen LogP) is 2.21. The first-order chi connectivity index (χ1) is 15.3. The van der Waals surface area contributed by atoms with Crippen molar-refractivity contribution in [2.75, 3.05) is 13.2 Å². The number of hydrogen-bond donors (Lipinski definition) is 3. The molecule has 1 aliphatic heterocycles. The summed E-state index contributed by atoms with van der Waals surface area (Å²) in [6.07, 6.45) is 4.01. The zero-order valence-corrected chi connectivity index (χ0v) is 18.8. The summed E-state index contributed by atoms with van der Waals surface area (Å²) in [5.41, 5.74) is 0. The van der Waals surface area contributed by atoms with Crippen LogP contribution in [0.25, 0.3) is 0 Å². The summed E-state index contributed by atoms with van der Waals surface area (Å²) in [5, 5.41) is 9.40. The van der Waals surface area contributed by atoms with Gasteiger partial charge in [-0.1, -0.05) is 11.6 Å². The topological polar surface area (TPSA) is 96.5 Å². The van der Waals surface area contributed by atoms with Crippen LogP contribution in [0.2, 0.25) is 5.02 Å². The molecule has 4 rings (SSSR count). The molecule has 3 N–H and O–H groups in total. The highest BCUT2D eigenvalue weighted by Crippen LogP contribution is 2.47. The minimum absolute atomic E-state index is 0.00267. The largest absolute Gasteiger partial charge is 0.484 e. The van der Waals surface area contributed by atoms with E-state index in [4.69, 9.17) is 16.3 Å². The van der Waals surface area contributed by atoms with Crippen LogP contribution >= 0.6 is 11.6 Å². The normalized spacial score (nSPS) is 31.2. The number of ketones is 1. The maximum Gasteiger partial charge on any atom is 0.258 e. The molecule has 3 fully saturated rings. The molecule has 1 aromatic carbocycles. The van der Waals surface area contributed by atoms with Crippen LogP contribution in [-0.2, 0) is 14.4 Å². The van der Waals surface area contributed by atoms with Crippen LogP contribution < -0.4 is 20.7 Å². The minimum atomic E-state index is -0.599. The standard InChI is InChI=1S/C23H29ClFN3O4/c1-12(29)13-6-7-26-21(8-13)23(31)28-20-10-19(15-3-4-16(15)20)27-22(30)11-32-14-2-5-17(24)18(25)9-14/h2,5,9,13,15-16,19-21,26H,3-4,6-8,10-11H2,1H3,(H,27,30)(H,28,31)/t13?,15?,16?,19-,20?,21?/m0/s1. The number of hydrogen-bond acceptors (Lipinski definition) is 5. The number of rotatable bonds is 7. The average Bonchev–Trinajstić information content (AvgIpc) is 2.96. The fraction of sp³-hybridized carbons (Fsp3) is 0.609. The van der Waals surface area contributed by atoms with Gasteiger partial charge in [0.25, 0.3) is 5.91 Å². The maximum absolute atomic E-state index is 13.5. The molecule has 1 heterocycles. The van der Waals surface area contributed by atoms with Gasteiger partial charge in [-0.2, -0.15) is 0 Å². The van der Waals surface area contributed by atoms with Crippen molar-refractivity contribution < 1.29 is 23.5 Å². The first-order valence-corrected chi connectivity index (χ1v) is 11.6. The Morgan fingerprint density at radius 1 is 1.12 bits per heavy atom. The number of benzene rings is 1. The van der Waals surface area contributed by atoms with E-state index in [2.05, 4.69) is 16.0 Å². The van der Waals surface area contributed by atoms with Gasteiger partial charge in [0.2, 0.25) is 5.91 Å². The second-order valence-corrected chi connectivity index (χ2v) is 9.54. The number of nitrogens with one attached hydrogen (secondary N) is 3. The maximum atomic E-state index is 13.5. The van der Waals surface area contributed by atoms with E-state index in [1.165, 1.54) is 12.1 Å². The quantitative estimate of drug-likeness (QED) is 0.573. The Morgan fingerprint density at radius 2 is 1.84 bits per heavy atom. The summed E-state index contributed by atoms with van der Waals surface area (Å²) >= 11 is 5.65. The molecular formula is C23H29ClFN3O4. The van der Waals surface area contributed by atoms with Crippen molar-refractivity contribution in [1.29, 1.82) is 0 Å². The zero-order valence-electron chi connectivity index (χ0n) is 18.0. The lowest BCUT2D eigenvalue weighted by Gasteiger charge is -2.37. The molecule has 7 nitrogen and oxygen atoms in total. The van der Waals surface area contributed by atoms with Crippen molar-refractivity contribution in [1.82, 2.24) is 16.0 Å². The Labute approximate surface area is 191 Å². The zero-order chi connectivity index (χ0) is 22.8. The molecule has 32 heavy (non-hydrogen) atoms. The second-order valence-electron chi connectivity index (χ2n) is 9.13. The van der Waals surface area contributed by atoms with Gasteiger partial charge in [-0.15, -0.1) is 0 Å². The van der Waals surface area contributed by atoms with Gasteiger partial charge in [0, 0.05) is 24.1 Å². The van der Waals surface area contributed by atoms with E-state index in [0.717, 1.165) is 25.3 Å². The number of amides is 2. The van der Waals surface area contributed by atoms with E-state index in [0.29, 0.717) is 31.2 Å². The van der Waals surface area contributed by atoms with Crippen molar-refractivity contribution >= 4 is 29.2 Å². The van der Waals surface area contributed by atoms with Gasteiger partial charge >= 0.3 is 0 Å². The van der Waals surface area contributed by atoms with Crippen molar-refractivity contribution in [3.8, 4) is 5.75 Å². The molecule has 0 spiro atoms. The molecule has 9 heteroatoms. The van der Waals surface area contributed by atoms with Crippen LogP contribution in [0.5, 0.6) is 5.75 Å². The lowest BCUT2D eigenvalue weighted by Crippen LogP contribution is -2.53. The SMILES string of the molecule is CC(=O)C1CCNC(C(=O)NC2C[C@H](NC(=O)COc3ccc(Cl)c(F)c3)C3CCC23)C1. The highest BCUT2D eigenvalue weighted by atomic mass is 35.5. The molecule has 1 saturated heterocycles. The number of piperidine rings is 1. The van der Waals surface area contributed by atoms with Gasteiger partial charge in [-0.3, -0.25) is 14.4 Å². The Balaban J connectivity index is 1.27. The number of carbonyl (C=O) groups excluding carboxylic acids is 3. The molecule has 6 atom stereocenters. The number of fused-ring (bicyclic) bond motifs is 1. The van der Waals surface area contributed by atoms with Crippen molar-refractivity contribution in [3.63, 3.8) is 0 Å². The summed E-state index contributed by atoms with van der Waals surface area (Å²) in [7, 11) is 0. The molecule has 174 valence electrons. The monoisotopic (exact) mass is 465 g/mol. The predicted molar refractivity (Wildman–Crippen MR) is 117 cm³/mol. The fourth-order valence-electron chi connectivity index (χ4n) is 5.24. The highest BCUT2D eigenvalue weighted by Gasteiger charge is 2.49. The Morgan fingerprint density at radius 3 is 2.50 bits per heavy atom. The molecule has 0 aromatic heterocycles. The summed E-state index contributed by atoms with van der Waals surface area (Å²) in [5.74, 6) is 0.0585. The lowest BCUT2D eigenvalue weighted by atomic mass is 9.73. The fourth-order valence-corrected chi connectivity index (χ4v) is 5.36. The number of Topliss-reactive ketones (excluding diaryl/α,β-unsaturated/α-hetero) is 1. The average molecular weight is 466 g/mol. The molecule has 0 radical (unpaired) electrons. The molecule has 1 aromatic rings. The third kappa shape index (κ3) is 5.07. The van der Waals surface area contributed by atoms with E-state index in [1.807, 2.05) is 0 Å². The molecule has 3 aliphatic rings. The third-order valence-corrected chi connectivity index (χ3v) is 7.46. The van der Waals surface area contributed by atoms with Gasteiger partial charge in [0.05, 0.1) is 11.1 Å². The van der Waals surface area contributed by atoms with E-state index in [9.17, 15) is 18.8 Å². The smallest absolute Gasteiger partial charge is 0.258 e. The highest BCUT2D eigenvalue weighted by molar-refractivity contribution is 6.30. The van der Waals surface area contributed by atoms with Crippen molar-refractivity contribution in [2.24, 2.45) is 17.8 Å². The van der Waals surface area contributed by atoms with Crippen LogP contribution in [0, 0.1) is 23.6 Å². The van der Waals surface area contributed by atoms with Crippen LogP contribution in [-0.4, -0.2) is 48.9 Å². The number of ether oxygens (including phenoxy) is 1. The minimum Gasteiger partial charge on any atom is -0.484 e. The molecule has 5 unspecified atom stereocenters. The first kappa shape index (κ1) is 23.0. The van der Waals surface area contributed by atoms with Gasteiger partial charge in [0.15, 0.2) is 6.61 Å². The molecule has 0 bridgehead atoms. The number of halogens is 2. The third-order valence-electron chi connectivity index (χ3n) is 7.15. The first-order valence-electron chi connectivity index (χ1n) is 11.2. The Bertz CT molecular complexity index is 898. The van der Waals surface area contributed by atoms with Crippen molar-refractivity contribution in [2.45, 2.75) is 57.2 Å². The lowest BCUT2D eigenvalue weighted by molar-refractivity contribution is -0.127. The Hall–Kier alpha value is -2.19. The van der Waals surface area contributed by atoms with Gasteiger partial charge in [-0.25, -0.2) is 4.39 Å².